The molecular weight excluding hydrogens is 356 g/mol. The van der Waals surface area contributed by atoms with Crippen LogP contribution in [0.1, 0.15) is 40.4 Å². The standard InChI is InChI=1S/C21H26N4O3/c1-12-9-16(14(3)27-12)18-10-17(19-13(2)24-28-20(19)23-18)21(26)25-7-5-15(6-8-25)11-22-4/h9-10,15,22H,5-8,11H2,1-4H3. The molecule has 28 heavy (non-hydrogen) atoms. The summed E-state index contributed by atoms with van der Waals surface area (Å²) in [7, 11) is 1.97. The summed E-state index contributed by atoms with van der Waals surface area (Å²) < 4.78 is 11.1. The molecule has 148 valence electrons. The van der Waals surface area contributed by atoms with Crippen molar-refractivity contribution >= 4 is 17.0 Å². The van der Waals surface area contributed by atoms with Gasteiger partial charge < -0.3 is 19.2 Å². The Morgan fingerprint density at radius 1 is 1.25 bits per heavy atom. The lowest BCUT2D eigenvalue weighted by Crippen LogP contribution is -2.40. The van der Waals surface area contributed by atoms with Crippen molar-refractivity contribution in [3.63, 3.8) is 0 Å². The van der Waals surface area contributed by atoms with Gasteiger partial charge in [-0.2, -0.15) is 0 Å². The van der Waals surface area contributed by atoms with Gasteiger partial charge in [-0.25, -0.2) is 4.98 Å². The van der Waals surface area contributed by atoms with Gasteiger partial charge in [0.15, 0.2) is 0 Å². The molecule has 0 atom stereocenters. The van der Waals surface area contributed by atoms with Gasteiger partial charge in [-0.15, -0.1) is 0 Å². The normalized spacial score (nSPS) is 15.5. The van der Waals surface area contributed by atoms with Crippen LogP contribution >= 0.6 is 0 Å². The van der Waals surface area contributed by atoms with Gasteiger partial charge in [0.1, 0.15) is 11.5 Å². The van der Waals surface area contributed by atoms with Gasteiger partial charge >= 0.3 is 0 Å². The molecular formula is C21H26N4O3. The Morgan fingerprint density at radius 3 is 2.64 bits per heavy atom. The van der Waals surface area contributed by atoms with Gasteiger partial charge in [0, 0.05) is 18.7 Å². The molecule has 1 N–H and O–H groups in total. The summed E-state index contributed by atoms with van der Waals surface area (Å²) in [6, 6.07) is 3.79. The number of aryl methyl sites for hydroxylation is 3. The van der Waals surface area contributed by atoms with Gasteiger partial charge in [0.2, 0.25) is 0 Å². The molecule has 0 saturated carbocycles. The maximum Gasteiger partial charge on any atom is 0.259 e. The molecule has 0 aliphatic carbocycles. The second kappa shape index (κ2) is 7.39. The van der Waals surface area contributed by atoms with Gasteiger partial charge in [-0.1, -0.05) is 5.16 Å². The predicted molar refractivity (Wildman–Crippen MR) is 106 cm³/mol. The van der Waals surface area contributed by atoms with E-state index in [9.17, 15) is 4.79 Å². The van der Waals surface area contributed by atoms with Crippen LogP contribution in [0.15, 0.2) is 21.1 Å². The molecule has 0 unspecified atom stereocenters. The third kappa shape index (κ3) is 3.30. The number of furan rings is 1. The summed E-state index contributed by atoms with van der Waals surface area (Å²) in [5.41, 5.74) is 3.22. The molecule has 4 heterocycles. The van der Waals surface area contributed by atoms with Crippen LogP contribution in [-0.2, 0) is 0 Å². The Morgan fingerprint density at radius 2 is 2.00 bits per heavy atom. The zero-order valence-corrected chi connectivity index (χ0v) is 16.8. The topological polar surface area (TPSA) is 84.4 Å². The van der Waals surface area contributed by atoms with E-state index >= 15 is 0 Å². The third-order valence-electron chi connectivity index (χ3n) is 5.56. The number of pyridine rings is 1. The third-order valence-corrected chi connectivity index (χ3v) is 5.56. The fourth-order valence-corrected chi connectivity index (χ4v) is 4.09. The minimum atomic E-state index is 0.0146. The molecule has 7 heteroatoms. The number of hydrogen-bond acceptors (Lipinski definition) is 6. The number of aromatic nitrogens is 2. The molecule has 1 amide bonds. The van der Waals surface area contributed by atoms with Crippen LogP contribution < -0.4 is 5.32 Å². The smallest absolute Gasteiger partial charge is 0.259 e. The molecule has 1 aliphatic rings. The van der Waals surface area contributed by atoms with E-state index in [4.69, 9.17) is 8.94 Å². The Hall–Kier alpha value is -2.67. The molecule has 0 radical (unpaired) electrons. The summed E-state index contributed by atoms with van der Waals surface area (Å²) >= 11 is 0. The van der Waals surface area contributed by atoms with Crippen LogP contribution in [0.3, 0.4) is 0 Å². The minimum absolute atomic E-state index is 0.0146. The average Bonchev–Trinajstić information content (AvgIpc) is 3.23. The summed E-state index contributed by atoms with van der Waals surface area (Å²) in [6.45, 7) is 8.16. The first kappa shape index (κ1) is 18.7. The van der Waals surface area contributed by atoms with E-state index in [0.29, 0.717) is 34.0 Å². The van der Waals surface area contributed by atoms with E-state index in [1.54, 1.807) is 0 Å². The fourth-order valence-electron chi connectivity index (χ4n) is 4.09. The van der Waals surface area contributed by atoms with E-state index in [2.05, 4.69) is 15.5 Å². The molecule has 1 fully saturated rings. The summed E-state index contributed by atoms with van der Waals surface area (Å²) in [4.78, 5) is 19.9. The van der Waals surface area contributed by atoms with E-state index in [0.717, 1.165) is 49.6 Å². The second-order valence-electron chi connectivity index (χ2n) is 7.62. The van der Waals surface area contributed by atoms with E-state index in [1.165, 1.54) is 0 Å². The Bertz CT molecular complexity index is 1010. The Kier molecular flexibility index (Phi) is 4.93. The molecule has 4 rings (SSSR count). The molecule has 0 bridgehead atoms. The van der Waals surface area contributed by atoms with Crippen molar-refractivity contribution in [2.75, 3.05) is 26.7 Å². The highest BCUT2D eigenvalue weighted by atomic mass is 16.5. The van der Waals surface area contributed by atoms with E-state index in [1.807, 2.05) is 44.9 Å². The first-order valence-electron chi connectivity index (χ1n) is 9.76. The van der Waals surface area contributed by atoms with Crippen molar-refractivity contribution in [3.8, 4) is 11.3 Å². The number of piperidine rings is 1. The number of carbonyl (C=O) groups excluding carboxylic acids is 1. The van der Waals surface area contributed by atoms with Crippen LogP contribution in [0.2, 0.25) is 0 Å². The van der Waals surface area contributed by atoms with E-state index < -0.39 is 0 Å². The lowest BCUT2D eigenvalue weighted by atomic mass is 9.96. The lowest BCUT2D eigenvalue weighted by Gasteiger charge is -2.32. The monoisotopic (exact) mass is 382 g/mol. The number of likely N-dealkylation sites (tertiary alicyclic amines) is 1. The second-order valence-corrected chi connectivity index (χ2v) is 7.62. The number of carbonyl (C=O) groups is 1. The van der Waals surface area contributed by atoms with Crippen molar-refractivity contribution in [3.05, 3.63) is 34.9 Å². The number of nitrogens with one attached hydrogen (secondary N) is 1. The zero-order chi connectivity index (χ0) is 19.8. The molecule has 0 spiro atoms. The number of rotatable bonds is 4. The Balaban J connectivity index is 1.72. The van der Waals surface area contributed by atoms with Crippen LogP contribution in [-0.4, -0.2) is 47.6 Å². The number of hydrogen-bond donors (Lipinski definition) is 1. The summed E-state index contributed by atoms with van der Waals surface area (Å²) in [6.07, 6.45) is 2.02. The van der Waals surface area contributed by atoms with Gasteiger partial charge in [-0.3, -0.25) is 4.79 Å². The lowest BCUT2D eigenvalue weighted by molar-refractivity contribution is 0.0693. The van der Waals surface area contributed by atoms with Gasteiger partial charge in [0.05, 0.1) is 22.3 Å². The maximum absolute atomic E-state index is 13.4. The van der Waals surface area contributed by atoms with Gasteiger partial charge in [0.25, 0.3) is 11.6 Å². The largest absolute Gasteiger partial charge is 0.466 e. The number of amides is 1. The molecule has 1 saturated heterocycles. The quantitative estimate of drug-likeness (QED) is 0.744. The van der Waals surface area contributed by atoms with E-state index in [-0.39, 0.29) is 5.91 Å². The molecule has 0 aromatic carbocycles. The highest BCUT2D eigenvalue weighted by Gasteiger charge is 2.27. The van der Waals surface area contributed by atoms with Crippen molar-refractivity contribution in [1.29, 1.82) is 0 Å². The SMILES string of the molecule is CNCC1CCN(C(=O)c2cc(-c3cc(C)oc3C)nc3onc(C)c23)CC1. The van der Waals surface area contributed by atoms with Crippen LogP contribution in [0.4, 0.5) is 0 Å². The molecule has 3 aromatic heterocycles. The van der Waals surface area contributed by atoms with Crippen molar-refractivity contribution < 1.29 is 13.7 Å². The first-order valence-corrected chi connectivity index (χ1v) is 9.76. The highest BCUT2D eigenvalue weighted by molar-refractivity contribution is 6.07. The van der Waals surface area contributed by atoms with Gasteiger partial charge in [-0.05, 0) is 65.3 Å². The fraction of sp³-hybridized carbons (Fsp3) is 0.476. The van der Waals surface area contributed by atoms with Crippen LogP contribution in [0.5, 0.6) is 0 Å². The average molecular weight is 382 g/mol. The van der Waals surface area contributed by atoms with Crippen molar-refractivity contribution in [2.24, 2.45) is 5.92 Å². The van der Waals surface area contributed by atoms with Crippen LogP contribution in [0.25, 0.3) is 22.4 Å². The number of nitrogens with zero attached hydrogens (tertiary/aromatic N) is 3. The predicted octanol–water partition coefficient (Wildman–Crippen LogP) is 3.48. The minimum Gasteiger partial charge on any atom is -0.466 e. The first-order chi connectivity index (χ1) is 13.5. The molecule has 7 nitrogen and oxygen atoms in total. The highest BCUT2D eigenvalue weighted by Crippen LogP contribution is 2.31. The zero-order valence-electron chi connectivity index (χ0n) is 16.8. The Labute approximate surface area is 164 Å². The summed E-state index contributed by atoms with van der Waals surface area (Å²) in [5.74, 6) is 2.21. The van der Waals surface area contributed by atoms with Crippen molar-refractivity contribution in [1.82, 2.24) is 20.4 Å². The molecule has 3 aromatic rings. The molecule has 1 aliphatic heterocycles. The van der Waals surface area contributed by atoms with Crippen molar-refractivity contribution in [2.45, 2.75) is 33.6 Å². The maximum atomic E-state index is 13.4. The number of fused-ring (bicyclic) bond motifs is 1. The summed E-state index contributed by atoms with van der Waals surface area (Å²) in [5, 5.41) is 7.97. The van der Waals surface area contributed by atoms with Crippen LogP contribution in [0, 0.1) is 26.7 Å².